The fraction of sp³-hybridized carbons (Fsp3) is 0.955. The second-order valence-corrected chi connectivity index (χ2v) is 15.3. The molecule has 0 spiro atoms. The summed E-state index contributed by atoms with van der Waals surface area (Å²) in [5.41, 5.74) is 0. The van der Waals surface area contributed by atoms with Crippen LogP contribution in [-0.2, 0) is 37.6 Å². The first-order valence-corrected chi connectivity index (χ1v) is 13.9. The lowest BCUT2D eigenvalue weighted by atomic mass is 9.84. The van der Waals surface area contributed by atoms with Crippen molar-refractivity contribution in [3.05, 3.63) is 0 Å². The molecule has 0 aromatic rings. The van der Waals surface area contributed by atoms with Crippen LogP contribution in [0.5, 0.6) is 0 Å². The predicted molar refractivity (Wildman–Crippen MR) is 118 cm³/mol. The Morgan fingerprint density at radius 1 is 1.13 bits per heavy atom. The number of ether oxygens (including phenoxy) is 6. The Hall–Kier alpha value is -0.553. The normalized spacial score (nSPS) is 35.1. The molecular weight excluding hydrogens is 420 g/mol. The molecule has 0 aromatic heterocycles. The molecule has 2 heterocycles. The van der Waals surface area contributed by atoms with E-state index in [1.165, 1.54) is 14.2 Å². The van der Waals surface area contributed by atoms with Crippen molar-refractivity contribution in [3.8, 4) is 0 Å². The quantitative estimate of drug-likeness (QED) is 0.420. The Balaban J connectivity index is 2.42. The Morgan fingerprint density at radius 3 is 2.16 bits per heavy atom. The van der Waals surface area contributed by atoms with Crippen LogP contribution in [0.4, 0.5) is 0 Å². The molecule has 0 radical (unpaired) electrons. The zero-order chi connectivity index (χ0) is 23.8. The van der Waals surface area contributed by atoms with Crippen LogP contribution >= 0.6 is 0 Å². The summed E-state index contributed by atoms with van der Waals surface area (Å²) >= 11 is 0. The molecular formula is C22H42O8Si. The van der Waals surface area contributed by atoms with Crippen molar-refractivity contribution in [2.24, 2.45) is 5.92 Å². The topological polar surface area (TPSA) is 81.7 Å². The Bertz CT molecular complexity index is 631. The lowest BCUT2D eigenvalue weighted by Crippen LogP contribution is -2.63. The number of hydrogen-bond donors (Lipinski definition) is 0. The van der Waals surface area contributed by atoms with E-state index in [0.717, 1.165) is 0 Å². The minimum atomic E-state index is -2.14. The minimum Gasteiger partial charge on any atom is -0.465 e. The molecule has 2 fully saturated rings. The molecule has 0 amide bonds. The highest BCUT2D eigenvalue weighted by Crippen LogP contribution is 2.44. The molecule has 0 aromatic carbocycles. The largest absolute Gasteiger partial charge is 0.465 e. The maximum Gasteiger partial charge on any atom is 0.366 e. The Kier molecular flexibility index (Phi) is 8.06. The SMILES string of the molecule is COC(=O)C1(OC)C[C@H](O[Si](C)(C)C(C)(C)C)[C@@H](C)[C@H]([C@H](OC)[C@H]2COC(C)(C)O2)O1. The molecule has 182 valence electrons. The van der Waals surface area contributed by atoms with Crippen molar-refractivity contribution in [2.45, 2.75) is 102 Å². The van der Waals surface area contributed by atoms with Gasteiger partial charge in [0.2, 0.25) is 0 Å². The molecule has 2 aliphatic rings. The summed E-state index contributed by atoms with van der Waals surface area (Å²) < 4.78 is 41.5. The number of esters is 1. The van der Waals surface area contributed by atoms with Crippen molar-refractivity contribution >= 4 is 14.3 Å². The molecule has 9 heteroatoms. The van der Waals surface area contributed by atoms with Crippen molar-refractivity contribution in [2.75, 3.05) is 27.9 Å². The first-order chi connectivity index (χ1) is 14.1. The van der Waals surface area contributed by atoms with Gasteiger partial charge in [-0.15, -0.1) is 0 Å². The van der Waals surface area contributed by atoms with Gasteiger partial charge in [0, 0.05) is 26.6 Å². The van der Waals surface area contributed by atoms with Gasteiger partial charge < -0.3 is 32.8 Å². The molecule has 1 unspecified atom stereocenters. The highest BCUT2D eigenvalue weighted by atomic mass is 28.4. The van der Waals surface area contributed by atoms with Crippen molar-refractivity contribution < 1.29 is 37.6 Å². The Labute approximate surface area is 188 Å². The van der Waals surface area contributed by atoms with Crippen LogP contribution < -0.4 is 0 Å². The van der Waals surface area contributed by atoms with E-state index in [4.69, 9.17) is 32.8 Å². The molecule has 6 atom stereocenters. The van der Waals surface area contributed by atoms with Gasteiger partial charge in [-0.25, -0.2) is 4.79 Å². The third-order valence-corrected chi connectivity index (χ3v) is 11.5. The average molecular weight is 463 g/mol. The van der Waals surface area contributed by atoms with Crippen LogP contribution in [0.25, 0.3) is 0 Å². The number of carbonyl (C=O) groups excluding carboxylic acids is 1. The summed E-state index contributed by atoms with van der Waals surface area (Å²) in [4.78, 5) is 12.8. The predicted octanol–water partition coefficient (Wildman–Crippen LogP) is 3.48. The molecule has 0 N–H and O–H groups in total. The van der Waals surface area contributed by atoms with E-state index in [0.29, 0.717) is 6.61 Å². The van der Waals surface area contributed by atoms with Gasteiger partial charge in [-0.2, -0.15) is 0 Å². The van der Waals surface area contributed by atoms with Crippen molar-refractivity contribution in [1.29, 1.82) is 0 Å². The van der Waals surface area contributed by atoms with Gasteiger partial charge >= 0.3 is 5.97 Å². The van der Waals surface area contributed by atoms with Gasteiger partial charge in [-0.05, 0) is 32.0 Å². The van der Waals surface area contributed by atoms with Gasteiger partial charge in [0.25, 0.3) is 5.79 Å². The minimum absolute atomic E-state index is 0.00854. The van der Waals surface area contributed by atoms with E-state index in [2.05, 4.69) is 40.8 Å². The summed E-state index contributed by atoms with van der Waals surface area (Å²) in [5.74, 6) is -2.96. The highest BCUT2D eigenvalue weighted by Gasteiger charge is 2.57. The summed E-state index contributed by atoms with van der Waals surface area (Å²) in [6.45, 7) is 17.1. The molecule has 8 nitrogen and oxygen atoms in total. The third kappa shape index (κ3) is 5.51. The van der Waals surface area contributed by atoms with E-state index >= 15 is 0 Å². The number of rotatable bonds is 7. The zero-order valence-corrected chi connectivity index (χ0v) is 22.1. The lowest BCUT2D eigenvalue weighted by Gasteiger charge is -2.50. The van der Waals surface area contributed by atoms with E-state index < -0.39 is 38.1 Å². The summed E-state index contributed by atoms with van der Waals surface area (Å²) in [6.07, 6.45) is -1.42. The number of carbonyl (C=O) groups is 1. The monoisotopic (exact) mass is 462 g/mol. The van der Waals surface area contributed by atoms with Gasteiger partial charge in [-0.3, -0.25) is 0 Å². The van der Waals surface area contributed by atoms with E-state index in [-0.39, 0.29) is 29.6 Å². The first kappa shape index (κ1) is 26.7. The third-order valence-electron chi connectivity index (χ3n) is 6.97. The van der Waals surface area contributed by atoms with Gasteiger partial charge in [0.15, 0.2) is 14.1 Å². The summed E-state index contributed by atoms with van der Waals surface area (Å²) in [5, 5.41) is 0.00854. The van der Waals surface area contributed by atoms with E-state index in [9.17, 15) is 4.79 Å². The van der Waals surface area contributed by atoms with Gasteiger partial charge in [-0.1, -0.05) is 27.7 Å². The lowest BCUT2D eigenvalue weighted by molar-refractivity contribution is -0.312. The summed E-state index contributed by atoms with van der Waals surface area (Å²) in [6, 6.07) is 0. The molecule has 0 aliphatic carbocycles. The van der Waals surface area contributed by atoms with Gasteiger partial charge in [0.1, 0.15) is 12.2 Å². The maximum absolute atomic E-state index is 12.8. The van der Waals surface area contributed by atoms with E-state index in [1.54, 1.807) is 7.11 Å². The summed E-state index contributed by atoms with van der Waals surface area (Å²) in [7, 11) is 2.25. The first-order valence-electron chi connectivity index (χ1n) is 11.0. The molecule has 2 saturated heterocycles. The van der Waals surface area contributed by atoms with Crippen LogP contribution in [0.1, 0.15) is 48.0 Å². The molecule has 2 aliphatic heterocycles. The van der Waals surface area contributed by atoms with Crippen LogP contribution in [0.3, 0.4) is 0 Å². The second-order valence-electron chi connectivity index (χ2n) is 10.6. The maximum atomic E-state index is 12.8. The van der Waals surface area contributed by atoms with Crippen LogP contribution in [0.15, 0.2) is 0 Å². The smallest absolute Gasteiger partial charge is 0.366 e. The Morgan fingerprint density at radius 2 is 1.74 bits per heavy atom. The highest BCUT2D eigenvalue weighted by molar-refractivity contribution is 6.74. The number of methoxy groups -OCH3 is 3. The average Bonchev–Trinajstić information content (AvgIpc) is 3.02. The van der Waals surface area contributed by atoms with Crippen molar-refractivity contribution in [3.63, 3.8) is 0 Å². The van der Waals surface area contributed by atoms with E-state index in [1.807, 2.05) is 13.8 Å². The fourth-order valence-corrected chi connectivity index (χ4v) is 5.39. The molecule has 0 bridgehead atoms. The van der Waals surface area contributed by atoms with Crippen molar-refractivity contribution in [1.82, 2.24) is 0 Å². The molecule has 31 heavy (non-hydrogen) atoms. The van der Waals surface area contributed by atoms with Crippen LogP contribution in [0, 0.1) is 5.92 Å². The molecule has 0 saturated carbocycles. The second kappa shape index (κ2) is 9.36. The zero-order valence-electron chi connectivity index (χ0n) is 21.1. The molecule has 2 rings (SSSR count). The van der Waals surface area contributed by atoms with Gasteiger partial charge in [0.05, 0.1) is 25.9 Å². The van der Waals surface area contributed by atoms with Crippen LogP contribution in [0.2, 0.25) is 18.1 Å². The fourth-order valence-electron chi connectivity index (χ4n) is 3.98. The van der Waals surface area contributed by atoms with Crippen LogP contribution in [-0.4, -0.2) is 78.2 Å². The standard InChI is InChI=1S/C22H42O8Si/c1-14-15(30-31(10,11)20(2,3)4)12-22(26-9,19(23)25-8)29-17(14)18(24-7)16-13-27-21(5,6)28-16/h14-18H,12-13H2,1-11H3/t14-,15+,16-,17-,18-,22?/m1/s1. The number of hydrogen-bond acceptors (Lipinski definition) is 8.